The molecule has 1 saturated carbocycles. The van der Waals surface area contributed by atoms with Crippen molar-refractivity contribution >= 4 is 23.3 Å². The number of esters is 2. The highest BCUT2D eigenvalue weighted by Gasteiger charge is 2.56. The summed E-state index contributed by atoms with van der Waals surface area (Å²) in [6, 6.07) is 18.4. The molecule has 0 amide bonds. The van der Waals surface area contributed by atoms with Crippen LogP contribution in [-0.4, -0.2) is 42.6 Å². The summed E-state index contributed by atoms with van der Waals surface area (Å²) in [7, 11) is 2.57. The summed E-state index contributed by atoms with van der Waals surface area (Å²) in [5.74, 6) is -3.64. The second-order valence-corrected chi connectivity index (χ2v) is 7.55. The van der Waals surface area contributed by atoms with E-state index in [0.29, 0.717) is 5.71 Å². The number of aliphatic hydroxyl groups is 1. The van der Waals surface area contributed by atoms with Crippen LogP contribution in [0.1, 0.15) is 24.8 Å². The smallest absolute Gasteiger partial charge is 0.315 e. The van der Waals surface area contributed by atoms with Crippen LogP contribution in [-0.2, 0) is 19.1 Å². The van der Waals surface area contributed by atoms with Gasteiger partial charge in [0, 0.05) is 12.3 Å². The average molecular weight is 410 g/mol. The molecule has 0 unspecified atom stereocenters. The van der Waals surface area contributed by atoms with Gasteiger partial charge in [0.15, 0.2) is 0 Å². The Balaban J connectivity index is 2.12. The number of anilines is 1. The molecule has 7 nitrogen and oxygen atoms in total. The molecule has 4 atom stereocenters. The van der Waals surface area contributed by atoms with E-state index in [-0.39, 0.29) is 6.42 Å². The van der Waals surface area contributed by atoms with Crippen molar-refractivity contribution in [3.8, 4) is 0 Å². The first-order chi connectivity index (χ1) is 14.4. The number of nitrogens with zero attached hydrogens (tertiary/aromatic N) is 1. The molecular weight excluding hydrogens is 384 g/mol. The second kappa shape index (κ2) is 9.09. The Labute approximate surface area is 175 Å². The van der Waals surface area contributed by atoms with Crippen LogP contribution in [0.4, 0.5) is 5.69 Å². The van der Waals surface area contributed by atoms with Gasteiger partial charge >= 0.3 is 11.9 Å². The number of ether oxygens (including phenoxy) is 2. The molecule has 1 aliphatic rings. The molecule has 158 valence electrons. The maximum Gasteiger partial charge on any atom is 0.315 e. The monoisotopic (exact) mass is 410 g/mol. The van der Waals surface area contributed by atoms with Crippen LogP contribution in [0.5, 0.6) is 0 Å². The topological polar surface area (TPSA) is 97.2 Å². The molecule has 3 rings (SSSR count). The number of hydrogen-bond acceptors (Lipinski definition) is 7. The summed E-state index contributed by atoms with van der Waals surface area (Å²) in [6.45, 7) is 1.57. The van der Waals surface area contributed by atoms with E-state index in [1.54, 1.807) is 6.92 Å². The fourth-order valence-corrected chi connectivity index (χ4v) is 4.13. The van der Waals surface area contributed by atoms with E-state index in [2.05, 4.69) is 10.5 Å². The summed E-state index contributed by atoms with van der Waals surface area (Å²) in [5.41, 5.74) is 3.33. The highest BCUT2D eigenvalue weighted by Crippen LogP contribution is 2.47. The summed E-state index contributed by atoms with van der Waals surface area (Å²) in [5, 5.41) is 15.7. The van der Waals surface area contributed by atoms with Crippen molar-refractivity contribution in [1.82, 2.24) is 0 Å². The lowest BCUT2D eigenvalue weighted by Crippen LogP contribution is -2.55. The maximum absolute atomic E-state index is 12.9. The molecule has 0 spiro atoms. The first-order valence-corrected chi connectivity index (χ1v) is 9.69. The molecule has 2 aromatic carbocycles. The van der Waals surface area contributed by atoms with Gasteiger partial charge in [0.25, 0.3) is 0 Å². The van der Waals surface area contributed by atoms with Crippen molar-refractivity contribution in [2.24, 2.45) is 16.9 Å². The van der Waals surface area contributed by atoms with Gasteiger partial charge in [-0.05, 0) is 24.6 Å². The molecule has 0 aromatic heterocycles. The lowest BCUT2D eigenvalue weighted by Gasteiger charge is -2.44. The zero-order valence-electron chi connectivity index (χ0n) is 17.2. The Bertz CT molecular complexity index is 912. The van der Waals surface area contributed by atoms with Gasteiger partial charge in [-0.1, -0.05) is 48.5 Å². The third-order valence-corrected chi connectivity index (χ3v) is 5.48. The zero-order valence-corrected chi connectivity index (χ0v) is 17.2. The Hall–Kier alpha value is -3.19. The fourth-order valence-electron chi connectivity index (χ4n) is 4.13. The molecule has 1 aliphatic carbocycles. The Kier molecular flexibility index (Phi) is 6.52. The van der Waals surface area contributed by atoms with Gasteiger partial charge in [-0.2, -0.15) is 5.10 Å². The molecule has 30 heavy (non-hydrogen) atoms. The number of benzene rings is 2. The van der Waals surface area contributed by atoms with Gasteiger partial charge in [0.1, 0.15) is 5.92 Å². The molecule has 1 fully saturated rings. The van der Waals surface area contributed by atoms with Gasteiger partial charge < -0.3 is 14.6 Å². The van der Waals surface area contributed by atoms with Crippen molar-refractivity contribution < 1.29 is 24.2 Å². The van der Waals surface area contributed by atoms with E-state index in [0.717, 1.165) is 11.3 Å². The van der Waals surface area contributed by atoms with Gasteiger partial charge in [0.05, 0.1) is 37.1 Å². The molecule has 0 aliphatic heterocycles. The molecule has 2 aromatic rings. The van der Waals surface area contributed by atoms with E-state index in [4.69, 9.17) is 9.47 Å². The molecule has 0 heterocycles. The van der Waals surface area contributed by atoms with E-state index in [9.17, 15) is 14.7 Å². The van der Waals surface area contributed by atoms with Crippen molar-refractivity contribution in [3.05, 3.63) is 66.2 Å². The Morgan fingerprint density at radius 1 is 1.00 bits per heavy atom. The number of nitrogens with one attached hydrogen (secondary N) is 1. The minimum atomic E-state index is -1.48. The number of hydrogen-bond donors (Lipinski definition) is 2. The van der Waals surface area contributed by atoms with Crippen LogP contribution in [0.2, 0.25) is 0 Å². The summed E-state index contributed by atoms with van der Waals surface area (Å²) in [4.78, 5) is 25.6. The molecule has 0 radical (unpaired) electrons. The summed E-state index contributed by atoms with van der Waals surface area (Å²) >= 11 is 0. The Morgan fingerprint density at radius 3 is 2.13 bits per heavy atom. The zero-order chi connectivity index (χ0) is 21.7. The van der Waals surface area contributed by atoms with Crippen molar-refractivity contribution in [3.63, 3.8) is 0 Å². The van der Waals surface area contributed by atoms with E-state index in [1.165, 1.54) is 14.2 Å². The number of methoxy groups -OCH3 is 2. The fraction of sp³-hybridized carbons (Fsp3) is 0.348. The van der Waals surface area contributed by atoms with E-state index >= 15 is 0 Å². The van der Waals surface area contributed by atoms with Crippen molar-refractivity contribution in [2.75, 3.05) is 19.6 Å². The third-order valence-electron chi connectivity index (χ3n) is 5.48. The van der Waals surface area contributed by atoms with Gasteiger partial charge in [-0.3, -0.25) is 15.0 Å². The van der Waals surface area contributed by atoms with Crippen LogP contribution in [0.15, 0.2) is 65.8 Å². The first-order valence-electron chi connectivity index (χ1n) is 9.69. The highest BCUT2D eigenvalue weighted by molar-refractivity contribution is 6.06. The molecule has 0 saturated heterocycles. The molecule has 0 bridgehead atoms. The van der Waals surface area contributed by atoms with Crippen LogP contribution in [0.25, 0.3) is 0 Å². The molecule has 2 N–H and O–H groups in total. The Morgan fingerprint density at radius 2 is 1.57 bits per heavy atom. The molecular formula is C23H26N2O5. The van der Waals surface area contributed by atoms with Crippen LogP contribution >= 0.6 is 0 Å². The highest BCUT2D eigenvalue weighted by atomic mass is 16.5. The number of rotatable bonds is 5. The lowest BCUT2D eigenvalue weighted by molar-refractivity contribution is -0.160. The van der Waals surface area contributed by atoms with Crippen molar-refractivity contribution in [1.29, 1.82) is 0 Å². The van der Waals surface area contributed by atoms with Crippen molar-refractivity contribution in [2.45, 2.75) is 24.9 Å². The number of para-hydroxylation sites is 1. The summed E-state index contributed by atoms with van der Waals surface area (Å²) < 4.78 is 10.1. The quantitative estimate of drug-likeness (QED) is 0.581. The third kappa shape index (κ3) is 4.36. The minimum absolute atomic E-state index is 0.00962. The maximum atomic E-state index is 12.9. The van der Waals surface area contributed by atoms with Crippen LogP contribution < -0.4 is 5.43 Å². The SMILES string of the molecule is COC(=O)[C@H]1/C(=N\Nc2ccccc2)C[C@@](C)(O)[C@@H](C(=O)OC)[C@H]1c1ccccc1. The van der Waals surface area contributed by atoms with Crippen LogP contribution in [0, 0.1) is 11.8 Å². The average Bonchev–Trinajstić information content (AvgIpc) is 2.77. The van der Waals surface area contributed by atoms with Gasteiger partial charge in [0.2, 0.25) is 0 Å². The van der Waals surface area contributed by atoms with Crippen LogP contribution in [0.3, 0.4) is 0 Å². The van der Waals surface area contributed by atoms with E-state index in [1.807, 2.05) is 60.7 Å². The summed E-state index contributed by atoms with van der Waals surface area (Å²) in [6.07, 6.45) is 0.00962. The number of carbonyl (C=O) groups is 2. The standard InChI is InChI=1S/C23H26N2O5/c1-23(28)14-17(25-24-16-12-8-5-9-13-16)19(21(26)29-2)18(20(23)22(27)30-3)15-10-6-4-7-11-15/h4-13,18-20,24,28H,14H2,1-3H3/b25-17-/t18-,19-,20+,23+/m0/s1. The predicted octanol–water partition coefficient (Wildman–Crippen LogP) is 2.97. The second-order valence-electron chi connectivity index (χ2n) is 7.55. The molecule has 7 heteroatoms. The normalized spacial score (nSPS) is 27.3. The minimum Gasteiger partial charge on any atom is -0.469 e. The number of hydrazone groups is 1. The number of carbonyl (C=O) groups excluding carboxylic acids is 2. The van der Waals surface area contributed by atoms with E-state index < -0.39 is 35.3 Å². The lowest BCUT2D eigenvalue weighted by atomic mass is 9.61. The van der Waals surface area contributed by atoms with Gasteiger partial charge in [-0.25, -0.2) is 0 Å². The predicted molar refractivity (Wildman–Crippen MR) is 113 cm³/mol. The first kappa shape index (κ1) is 21.5. The van der Waals surface area contributed by atoms with Gasteiger partial charge in [-0.15, -0.1) is 0 Å². The largest absolute Gasteiger partial charge is 0.469 e.